The lowest BCUT2D eigenvalue weighted by Gasteiger charge is -2.22. The average Bonchev–Trinajstić information content (AvgIpc) is 2.68. The van der Waals surface area contributed by atoms with E-state index in [0.29, 0.717) is 18.1 Å². The van der Waals surface area contributed by atoms with Gasteiger partial charge < -0.3 is 10.1 Å². The summed E-state index contributed by atoms with van der Waals surface area (Å²) in [5.41, 5.74) is 0.298. The predicted molar refractivity (Wildman–Crippen MR) is 62.5 cm³/mol. The van der Waals surface area contributed by atoms with Crippen LogP contribution in [0.15, 0.2) is 18.3 Å². The van der Waals surface area contributed by atoms with E-state index in [4.69, 9.17) is 4.74 Å². The van der Waals surface area contributed by atoms with Crippen molar-refractivity contribution < 1.29 is 9.13 Å². The molecule has 2 rings (SSSR count). The van der Waals surface area contributed by atoms with Crippen LogP contribution in [0.25, 0.3) is 5.65 Å². The van der Waals surface area contributed by atoms with E-state index < -0.39 is 0 Å². The van der Waals surface area contributed by atoms with Crippen molar-refractivity contribution in [2.75, 3.05) is 19.0 Å². The molecule has 0 atom stereocenters. The van der Waals surface area contributed by atoms with Crippen molar-refractivity contribution in [1.82, 2.24) is 14.6 Å². The first-order valence-electron chi connectivity index (χ1n) is 5.31. The average molecular weight is 238 g/mol. The van der Waals surface area contributed by atoms with Crippen LogP contribution in [0, 0.1) is 5.82 Å². The van der Waals surface area contributed by atoms with Gasteiger partial charge in [0.05, 0.1) is 11.8 Å². The Labute approximate surface area is 98.6 Å². The number of pyridine rings is 1. The summed E-state index contributed by atoms with van der Waals surface area (Å²) >= 11 is 0. The number of nitrogens with zero attached hydrogens (tertiary/aromatic N) is 3. The summed E-state index contributed by atoms with van der Waals surface area (Å²) in [5, 5.41) is 7.16. The maximum atomic E-state index is 12.9. The third kappa shape index (κ3) is 2.71. The molecule has 0 unspecified atom stereocenters. The summed E-state index contributed by atoms with van der Waals surface area (Å²) < 4.78 is 19.6. The van der Waals surface area contributed by atoms with Gasteiger partial charge in [0.25, 0.3) is 0 Å². The Morgan fingerprint density at radius 3 is 2.94 bits per heavy atom. The highest BCUT2D eigenvalue weighted by atomic mass is 19.1. The zero-order chi connectivity index (χ0) is 12.5. The first-order chi connectivity index (χ1) is 8.00. The molecule has 0 fully saturated rings. The van der Waals surface area contributed by atoms with Gasteiger partial charge in [0.1, 0.15) is 5.82 Å². The molecule has 2 aromatic heterocycles. The molecule has 6 heteroatoms. The number of halogens is 1. The molecule has 0 aliphatic heterocycles. The Bertz CT molecular complexity index is 523. The van der Waals surface area contributed by atoms with E-state index in [9.17, 15) is 4.39 Å². The first-order valence-corrected chi connectivity index (χ1v) is 5.31. The number of aromatic nitrogens is 3. The highest BCUT2D eigenvalue weighted by molar-refractivity contribution is 5.43. The van der Waals surface area contributed by atoms with Gasteiger partial charge in [-0.1, -0.05) is 0 Å². The van der Waals surface area contributed by atoms with Gasteiger partial charge >= 0.3 is 0 Å². The number of rotatable bonds is 4. The number of hydrogen-bond acceptors (Lipinski definition) is 4. The minimum atomic E-state index is -0.342. The number of nitrogens with one attached hydrogen (secondary N) is 1. The van der Waals surface area contributed by atoms with Crippen LogP contribution in [0.3, 0.4) is 0 Å². The van der Waals surface area contributed by atoms with Crippen LogP contribution in [0.4, 0.5) is 10.3 Å². The molecule has 0 radical (unpaired) electrons. The third-order valence-corrected chi connectivity index (χ3v) is 2.52. The van der Waals surface area contributed by atoms with E-state index in [2.05, 4.69) is 15.4 Å². The van der Waals surface area contributed by atoms with E-state index in [-0.39, 0.29) is 11.4 Å². The summed E-state index contributed by atoms with van der Waals surface area (Å²) in [6.07, 6.45) is 1.29. The van der Waals surface area contributed by atoms with Gasteiger partial charge in [-0.25, -0.2) is 8.91 Å². The molecule has 0 spiro atoms. The molecule has 0 aliphatic carbocycles. The Kier molecular flexibility index (Phi) is 2.97. The topological polar surface area (TPSA) is 51.5 Å². The minimum absolute atomic E-state index is 0.303. The van der Waals surface area contributed by atoms with Gasteiger partial charge in [-0.3, -0.25) is 0 Å². The molecular weight excluding hydrogens is 223 g/mol. The van der Waals surface area contributed by atoms with Gasteiger partial charge in [-0.05, 0) is 26.0 Å². The lowest BCUT2D eigenvalue weighted by molar-refractivity contribution is 0.0342. The fraction of sp³-hybridized carbons (Fsp3) is 0.455. The highest BCUT2D eigenvalue weighted by Crippen LogP contribution is 2.10. The summed E-state index contributed by atoms with van der Waals surface area (Å²) in [7, 11) is 1.65. The van der Waals surface area contributed by atoms with Crippen molar-refractivity contribution in [3.05, 3.63) is 24.1 Å². The monoisotopic (exact) mass is 238 g/mol. The molecule has 5 nitrogen and oxygen atoms in total. The molecule has 2 heterocycles. The lowest BCUT2D eigenvalue weighted by Crippen LogP contribution is -2.32. The molecule has 0 bridgehead atoms. The van der Waals surface area contributed by atoms with Crippen molar-refractivity contribution in [3.8, 4) is 0 Å². The van der Waals surface area contributed by atoms with Gasteiger partial charge in [0.2, 0.25) is 5.95 Å². The molecule has 2 aromatic rings. The van der Waals surface area contributed by atoms with Crippen molar-refractivity contribution in [3.63, 3.8) is 0 Å². The Hall–Kier alpha value is -1.69. The summed E-state index contributed by atoms with van der Waals surface area (Å²) in [6, 6.07) is 2.93. The highest BCUT2D eigenvalue weighted by Gasteiger charge is 2.16. The van der Waals surface area contributed by atoms with Gasteiger partial charge in [-0.2, -0.15) is 4.98 Å². The van der Waals surface area contributed by atoms with Crippen LogP contribution in [-0.2, 0) is 4.74 Å². The van der Waals surface area contributed by atoms with Crippen LogP contribution in [0.2, 0.25) is 0 Å². The van der Waals surface area contributed by atoms with Crippen LogP contribution in [-0.4, -0.2) is 33.9 Å². The molecule has 17 heavy (non-hydrogen) atoms. The van der Waals surface area contributed by atoms with Gasteiger partial charge in [-0.15, -0.1) is 5.10 Å². The van der Waals surface area contributed by atoms with Crippen molar-refractivity contribution in [2.24, 2.45) is 0 Å². The van der Waals surface area contributed by atoms with Gasteiger partial charge in [0.15, 0.2) is 5.65 Å². The second kappa shape index (κ2) is 4.29. The number of hydrogen-bond donors (Lipinski definition) is 1. The molecule has 92 valence electrons. The van der Waals surface area contributed by atoms with Crippen LogP contribution < -0.4 is 5.32 Å². The number of methoxy groups -OCH3 is 1. The smallest absolute Gasteiger partial charge is 0.243 e. The van der Waals surface area contributed by atoms with Gasteiger partial charge in [0, 0.05) is 13.7 Å². The van der Waals surface area contributed by atoms with Crippen LogP contribution in [0.1, 0.15) is 13.8 Å². The van der Waals surface area contributed by atoms with E-state index >= 15 is 0 Å². The fourth-order valence-corrected chi connectivity index (χ4v) is 1.30. The quantitative estimate of drug-likeness (QED) is 0.881. The second-order valence-electron chi connectivity index (χ2n) is 4.40. The van der Waals surface area contributed by atoms with Crippen molar-refractivity contribution >= 4 is 11.6 Å². The molecule has 0 amide bonds. The Morgan fingerprint density at radius 2 is 2.24 bits per heavy atom. The van der Waals surface area contributed by atoms with Crippen molar-refractivity contribution in [2.45, 2.75) is 19.4 Å². The normalized spacial score (nSPS) is 12.0. The SMILES string of the molecule is COC(C)(C)CNc1nc2ccc(F)cn2n1. The summed E-state index contributed by atoms with van der Waals surface area (Å²) in [5.74, 6) is 0.117. The number of ether oxygens (including phenoxy) is 1. The summed E-state index contributed by atoms with van der Waals surface area (Å²) in [4.78, 5) is 4.21. The molecule has 1 N–H and O–H groups in total. The third-order valence-electron chi connectivity index (χ3n) is 2.52. The Balaban J connectivity index is 2.15. The Morgan fingerprint density at radius 1 is 1.47 bits per heavy atom. The van der Waals surface area contributed by atoms with E-state index in [1.165, 1.54) is 16.8 Å². The zero-order valence-corrected chi connectivity index (χ0v) is 10.1. The van der Waals surface area contributed by atoms with E-state index in [0.717, 1.165) is 0 Å². The predicted octanol–water partition coefficient (Wildman–Crippen LogP) is 1.71. The maximum absolute atomic E-state index is 12.9. The second-order valence-corrected chi connectivity index (χ2v) is 4.40. The molecule has 0 aliphatic rings. The number of anilines is 1. The fourth-order valence-electron chi connectivity index (χ4n) is 1.30. The first kappa shape index (κ1) is 11.8. The van der Waals surface area contributed by atoms with Crippen LogP contribution >= 0.6 is 0 Å². The molecule has 0 saturated carbocycles. The molecule has 0 aromatic carbocycles. The standard InChI is InChI=1S/C11H15FN4O/c1-11(2,17-3)7-13-10-14-9-5-4-8(12)6-16(9)15-10/h4-6H,7H2,1-3H3,(H,13,15). The van der Waals surface area contributed by atoms with Crippen molar-refractivity contribution in [1.29, 1.82) is 0 Å². The molecule has 0 saturated heterocycles. The maximum Gasteiger partial charge on any atom is 0.243 e. The summed E-state index contributed by atoms with van der Waals surface area (Å²) in [6.45, 7) is 4.48. The van der Waals surface area contributed by atoms with Crippen LogP contribution in [0.5, 0.6) is 0 Å². The molecular formula is C11H15FN4O. The zero-order valence-electron chi connectivity index (χ0n) is 10.1. The largest absolute Gasteiger partial charge is 0.377 e. The number of fused-ring (bicyclic) bond motifs is 1. The lowest BCUT2D eigenvalue weighted by atomic mass is 10.1. The van der Waals surface area contributed by atoms with E-state index in [1.807, 2.05) is 13.8 Å². The minimum Gasteiger partial charge on any atom is -0.377 e. The van der Waals surface area contributed by atoms with E-state index in [1.54, 1.807) is 13.2 Å².